The lowest BCUT2D eigenvalue weighted by Gasteiger charge is -2.35. The lowest BCUT2D eigenvalue weighted by molar-refractivity contribution is 0.0983. The lowest BCUT2D eigenvalue weighted by atomic mass is 10.00. The molecule has 49 heavy (non-hydrogen) atoms. The van der Waals surface area contributed by atoms with E-state index >= 15 is 0 Å². The number of carbonyl (C=O) groups excluding carboxylic acids is 1. The quantitative estimate of drug-likeness (QED) is 0.246. The minimum absolute atomic E-state index is 0.0271. The van der Waals surface area contributed by atoms with Crippen molar-refractivity contribution in [1.82, 2.24) is 29.1 Å². The fourth-order valence-electron chi connectivity index (χ4n) is 5.74. The van der Waals surface area contributed by atoms with Gasteiger partial charge in [-0.1, -0.05) is 23.4 Å². The van der Waals surface area contributed by atoms with Crippen molar-refractivity contribution < 1.29 is 17.6 Å². The van der Waals surface area contributed by atoms with Gasteiger partial charge in [0.15, 0.2) is 0 Å². The number of nitrogens with zero attached hydrogens (tertiary/aromatic N) is 7. The Kier molecular flexibility index (Phi) is 9.63. The van der Waals surface area contributed by atoms with Crippen LogP contribution in [0, 0.1) is 30.1 Å². The largest absolute Gasteiger partial charge is 0.353 e. The molecule has 6 rings (SSSR count). The molecule has 0 saturated carbocycles. The number of aromatic nitrogens is 4. The molecule has 0 aliphatic carbocycles. The molecule has 1 saturated heterocycles. The van der Waals surface area contributed by atoms with Gasteiger partial charge in [0.05, 0.1) is 45.7 Å². The number of anilines is 1. The Bertz CT molecular complexity index is 2410. The second-order valence-electron chi connectivity index (χ2n) is 11.3. The second-order valence-corrected chi connectivity index (χ2v) is 14.3. The normalized spacial score (nSPS) is 13.7. The summed E-state index contributed by atoms with van der Waals surface area (Å²) >= 11 is 7.63. The van der Waals surface area contributed by atoms with Gasteiger partial charge in [-0.15, -0.1) is 11.3 Å². The van der Waals surface area contributed by atoms with Crippen LogP contribution >= 0.6 is 22.9 Å². The number of fused-ring (bicyclic) bond motifs is 2. The predicted molar refractivity (Wildman–Crippen MR) is 187 cm³/mol. The average molecular weight is 719 g/mol. The van der Waals surface area contributed by atoms with Gasteiger partial charge in [0.1, 0.15) is 29.9 Å². The molecule has 1 N–H and O–H groups in total. The van der Waals surface area contributed by atoms with Crippen LogP contribution in [0.1, 0.15) is 27.3 Å². The Morgan fingerprint density at radius 2 is 1.94 bits per heavy atom. The summed E-state index contributed by atoms with van der Waals surface area (Å²) in [7, 11) is -3.78. The monoisotopic (exact) mass is 718 g/mol. The molecule has 0 bridgehead atoms. The number of nitrogens with one attached hydrogen (secondary N) is 1. The van der Waals surface area contributed by atoms with Crippen LogP contribution in [0.15, 0.2) is 46.8 Å². The van der Waals surface area contributed by atoms with E-state index in [4.69, 9.17) is 11.6 Å². The summed E-state index contributed by atoms with van der Waals surface area (Å²) in [5.41, 5.74) is 2.40. The number of piperazine rings is 1. The van der Waals surface area contributed by atoms with Crippen LogP contribution in [0.5, 0.6) is 0 Å². The molecule has 12 nitrogen and oxygen atoms in total. The van der Waals surface area contributed by atoms with Gasteiger partial charge < -0.3 is 4.90 Å². The zero-order chi connectivity index (χ0) is 34.9. The Morgan fingerprint density at radius 3 is 2.65 bits per heavy atom. The first-order valence-electron chi connectivity index (χ1n) is 15.0. The molecule has 0 atom stereocenters. The molecule has 1 aliphatic rings. The highest BCUT2D eigenvalue weighted by Gasteiger charge is 2.24. The van der Waals surface area contributed by atoms with Crippen LogP contribution in [0.25, 0.3) is 32.2 Å². The maximum absolute atomic E-state index is 13.9. The van der Waals surface area contributed by atoms with Crippen molar-refractivity contribution >= 4 is 65.8 Å². The third-order valence-corrected chi connectivity index (χ3v) is 9.86. The maximum Gasteiger partial charge on any atom is 0.267 e. The number of amides is 1. The molecule has 0 spiro atoms. The Hall–Kier alpha value is -4.93. The van der Waals surface area contributed by atoms with Gasteiger partial charge >= 0.3 is 0 Å². The average Bonchev–Trinajstić information content (AvgIpc) is 3.51. The number of hydrogen-bond donors (Lipinski definition) is 1. The number of pyridine rings is 2. The molecule has 0 radical (unpaired) electrons. The highest BCUT2D eigenvalue weighted by molar-refractivity contribution is 7.89. The van der Waals surface area contributed by atoms with Crippen LogP contribution < -0.4 is 15.2 Å². The summed E-state index contributed by atoms with van der Waals surface area (Å²) in [5, 5.41) is 12.3. The molecule has 1 fully saturated rings. The summed E-state index contributed by atoms with van der Waals surface area (Å²) in [6.07, 6.45) is 3.92. The SMILES string of the molecule is Cc1nc2cnc(N3CCN(CCF)CC3)c(C#N)c2c(=O)n1CC#Cc1ccc(Cl)cc1-c1ccnc2c(C(=O)NS(C)(=O)=O)csc12. The van der Waals surface area contributed by atoms with Crippen molar-refractivity contribution in [2.45, 2.75) is 13.5 Å². The fourth-order valence-corrected chi connectivity index (χ4v) is 7.39. The van der Waals surface area contributed by atoms with Gasteiger partial charge in [0.25, 0.3) is 11.5 Å². The van der Waals surface area contributed by atoms with E-state index < -0.39 is 28.2 Å². The summed E-state index contributed by atoms with van der Waals surface area (Å²) in [6.45, 7) is 3.89. The smallest absolute Gasteiger partial charge is 0.267 e. The predicted octanol–water partition coefficient (Wildman–Crippen LogP) is 3.73. The number of carbonyl (C=O) groups is 1. The first kappa shape index (κ1) is 34.0. The maximum atomic E-state index is 13.9. The molecule has 16 heteroatoms. The van der Waals surface area contributed by atoms with E-state index in [0.29, 0.717) is 81.8 Å². The highest BCUT2D eigenvalue weighted by atomic mass is 35.5. The number of nitriles is 1. The van der Waals surface area contributed by atoms with E-state index in [1.54, 1.807) is 36.6 Å². The van der Waals surface area contributed by atoms with Crippen LogP contribution in [0.3, 0.4) is 0 Å². The molecule has 1 aliphatic heterocycles. The van der Waals surface area contributed by atoms with E-state index in [2.05, 4.69) is 32.9 Å². The zero-order valence-corrected chi connectivity index (χ0v) is 28.7. The van der Waals surface area contributed by atoms with Gasteiger partial charge in [-0.05, 0) is 31.2 Å². The molecule has 5 heterocycles. The summed E-state index contributed by atoms with van der Waals surface area (Å²) in [6, 6.07) is 9.09. The number of halogens is 2. The molecule has 4 aromatic heterocycles. The van der Waals surface area contributed by atoms with Crippen molar-refractivity contribution in [3.05, 3.63) is 79.9 Å². The first-order valence-corrected chi connectivity index (χ1v) is 18.1. The van der Waals surface area contributed by atoms with Crippen LogP contribution in [-0.4, -0.2) is 84.4 Å². The fraction of sp³-hybridized carbons (Fsp3) is 0.273. The zero-order valence-electron chi connectivity index (χ0n) is 26.3. The van der Waals surface area contributed by atoms with E-state index in [0.717, 1.165) is 6.26 Å². The van der Waals surface area contributed by atoms with E-state index in [-0.39, 0.29) is 23.1 Å². The summed E-state index contributed by atoms with van der Waals surface area (Å²) < 4.78 is 40.2. The van der Waals surface area contributed by atoms with E-state index in [9.17, 15) is 27.7 Å². The summed E-state index contributed by atoms with van der Waals surface area (Å²) in [4.78, 5) is 43.9. The van der Waals surface area contributed by atoms with Gasteiger partial charge in [-0.3, -0.25) is 24.0 Å². The molecular formula is C33H28ClFN8O4S2. The van der Waals surface area contributed by atoms with Crippen molar-refractivity contribution in [3.63, 3.8) is 0 Å². The Labute approximate surface area is 289 Å². The number of benzene rings is 1. The van der Waals surface area contributed by atoms with Crippen molar-refractivity contribution in [2.75, 3.05) is 50.6 Å². The van der Waals surface area contributed by atoms with Crippen LogP contribution in [0.2, 0.25) is 5.02 Å². The minimum Gasteiger partial charge on any atom is -0.353 e. The molecule has 1 amide bonds. The first-order chi connectivity index (χ1) is 23.5. The summed E-state index contributed by atoms with van der Waals surface area (Å²) in [5.74, 6) is 6.21. The molecular weight excluding hydrogens is 691 g/mol. The second kappa shape index (κ2) is 13.9. The topological polar surface area (TPSA) is 154 Å². The number of rotatable bonds is 7. The Balaban J connectivity index is 1.35. The van der Waals surface area contributed by atoms with Gasteiger partial charge in [-0.2, -0.15) is 5.26 Å². The number of thiophene rings is 1. The van der Waals surface area contributed by atoms with Gasteiger partial charge in [-0.25, -0.2) is 27.5 Å². The van der Waals surface area contributed by atoms with Crippen LogP contribution in [0.4, 0.5) is 10.2 Å². The number of sulfonamides is 1. The number of alkyl halides is 1. The highest BCUT2D eigenvalue weighted by Crippen LogP contribution is 2.36. The van der Waals surface area contributed by atoms with E-state index in [1.807, 2.05) is 14.5 Å². The third-order valence-electron chi connectivity index (χ3n) is 8.06. The van der Waals surface area contributed by atoms with Crippen LogP contribution in [-0.2, 0) is 16.6 Å². The molecule has 0 unspecified atom stereocenters. The van der Waals surface area contributed by atoms with Crippen molar-refractivity contribution in [3.8, 4) is 29.0 Å². The standard InChI is InChI=1S/C33H28ClFN8O4S2/c1-20-39-27-18-38-31(42-14-12-41(11-8-35)13-15-42)25(17-36)28(27)33(45)43(20)10-3-4-21-5-6-22(34)16-24(21)23-7-9-37-29-26(19-48-30(23)29)32(44)40-49(2,46)47/h5-7,9,16,18-19H,8,10-15H2,1-2H3,(H,40,44). The lowest BCUT2D eigenvalue weighted by Crippen LogP contribution is -2.47. The van der Waals surface area contributed by atoms with E-state index in [1.165, 1.54) is 28.3 Å². The third kappa shape index (κ3) is 6.97. The number of aryl methyl sites for hydroxylation is 1. The molecule has 250 valence electrons. The van der Waals surface area contributed by atoms with Crippen molar-refractivity contribution in [1.29, 1.82) is 5.26 Å². The Morgan fingerprint density at radius 1 is 1.16 bits per heavy atom. The van der Waals surface area contributed by atoms with Gasteiger partial charge in [0, 0.05) is 66.0 Å². The van der Waals surface area contributed by atoms with Gasteiger partial charge in [0.2, 0.25) is 10.0 Å². The molecule has 1 aromatic carbocycles. The minimum atomic E-state index is -3.78. The van der Waals surface area contributed by atoms with Crippen molar-refractivity contribution in [2.24, 2.45) is 0 Å². The number of hydrogen-bond acceptors (Lipinski definition) is 11. The molecule has 5 aromatic rings.